The van der Waals surface area contributed by atoms with Gasteiger partial charge in [-0.3, -0.25) is 24.6 Å². The molecule has 0 bridgehead atoms. The van der Waals surface area contributed by atoms with E-state index in [1.54, 1.807) is 18.2 Å². The van der Waals surface area contributed by atoms with Gasteiger partial charge in [0.2, 0.25) is 5.75 Å². The molecular formula is C25H20N2O6S. The quantitative estimate of drug-likeness (QED) is 0.277. The highest BCUT2D eigenvalue weighted by Gasteiger charge is 2.35. The number of benzene rings is 3. The number of rotatable bonds is 8. The first-order chi connectivity index (χ1) is 16.4. The number of carbonyl (C=O) groups is 2. The van der Waals surface area contributed by atoms with Crippen molar-refractivity contribution in [3.8, 4) is 11.5 Å². The van der Waals surface area contributed by atoms with Crippen LogP contribution in [-0.2, 0) is 11.2 Å². The number of hydrogen-bond donors (Lipinski definition) is 1. The van der Waals surface area contributed by atoms with Crippen molar-refractivity contribution in [2.75, 3.05) is 13.2 Å². The summed E-state index contributed by atoms with van der Waals surface area (Å²) in [7, 11) is 0. The number of imide groups is 1. The Hall–Kier alpha value is -4.11. The number of phenolic OH excluding ortho intramolecular Hbond substituents is 1. The molecule has 3 aromatic rings. The largest absolute Gasteiger partial charge is 0.502 e. The number of amides is 2. The molecule has 0 saturated carbocycles. The molecule has 1 aliphatic heterocycles. The summed E-state index contributed by atoms with van der Waals surface area (Å²) in [6.07, 6.45) is 1.72. The van der Waals surface area contributed by atoms with Crippen molar-refractivity contribution >= 4 is 34.7 Å². The maximum absolute atomic E-state index is 12.8. The van der Waals surface area contributed by atoms with Gasteiger partial charge in [-0.1, -0.05) is 48.5 Å². The van der Waals surface area contributed by atoms with E-state index in [0.29, 0.717) is 17.7 Å². The van der Waals surface area contributed by atoms with Gasteiger partial charge in [-0.05, 0) is 53.6 Å². The maximum atomic E-state index is 12.8. The third-order valence-electron chi connectivity index (χ3n) is 5.11. The first-order valence-corrected chi connectivity index (χ1v) is 11.2. The van der Waals surface area contributed by atoms with Crippen LogP contribution in [0.15, 0.2) is 77.7 Å². The maximum Gasteiger partial charge on any atom is 0.311 e. The van der Waals surface area contributed by atoms with Crippen molar-refractivity contribution in [2.45, 2.75) is 6.42 Å². The van der Waals surface area contributed by atoms with Crippen LogP contribution in [0.5, 0.6) is 11.5 Å². The molecule has 0 radical (unpaired) electrons. The molecular weight excluding hydrogens is 456 g/mol. The predicted molar refractivity (Wildman–Crippen MR) is 129 cm³/mol. The molecule has 1 saturated heterocycles. The molecule has 8 nitrogen and oxygen atoms in total. The van der Waals surface area contributed by atoms with E-state index in [-0.39, 0.29) is 23.6 Å². The van der Waals surface area contributed by atoms with E-state index in [1.165, 1.54) is 12.1 Å². The molecule has 1 N–H and O–H groups in total. The molecule has 0 aliphatic carbocycles. The second-order valence-corrected chi connectivity index (χ2v) is 8.46. The Kier molecular flexibility index (Phi) is 6.93. The summed E-state index contributed by atoms with van der Waals surface area (Å²) in [6, 6.07) is 21.3. The van der Waals surface area contributed by atoms with E-state index in [0.717, 1.165) is 22.2 Å². The summed E-state index contributed by atoms with van der Waals surface area (Å²) >= 11 is 0.718. The fourth-order valence-electron chi connectivity index (χ4n) is 3.49. The summed E-state index contributed by atoms with van der Waals surface area (Å²) in [6.45, 7) is 0.176. The topological polar surface area (TPSA) is 110 Å². The van der Waals surface area contributed by atoms with Crippen LogP contribution in [0.1, 0.15) is 16.7 Å². The van der Waals surface area contributed by atoms with Crippen LogP contribution in [-0.4, -0.2) is 39.2 Å². The van der Waals surface area contributed by atoms with Crippen molar-refractivity contribution in [3.63, 3.8) is 0 Å². The van der Waals surface area contributed by atoms with Crippen molar-refractivity contribution in [1.29, 1.82) is 0 Å². The van der Waals surface area contributed by atoms with Crippen LogP contribution >= 0.6 is 11.8 Å². The van der Waals surface area contributed by atoms with Crippen molar-refractivity contribution in [1.82, 2.24) is 4.90 Å². The fourth-order valence-corrected chi connectivity index (χ4v) is 4.35. The SMILES string of the molecule is O=C1S/C(=C\c2cc(Cc3ccccc3)cc([N+](=O)[O-])c2O)C(=O)N1CCOc1ccccc1. The number of nitrogens with zero attached hydrogens (tertiary/aromatic N) is 2. The van der Waals surface area contributed by atoms with Crippen LogP contribution in [0.2, 0.25) is 0 Å². The lowest BCUT2D eigenvalue weighted by Gasteiger charge is -2.13. The fraction of sp³-hybridized carbons (Fsp3) is 0.120. The Balaban J connectivity index is 1.55. The van der Waals surface area contributed by atoms with Crippen LogP contribution in [0.25, 0.3) is 6.08 Å². The summed E-state index contributed by atoms with van der Waals surface area (Å²) in [4.78, 5) is 37.2. The van der Waals surface area contributed by atoms with Crippen LogP contribution in [0.3, 0.4) is 0 Å². The molecule has 2 amide bonds. The monoisotopic (exact) mass is 476 g/mol. The van der Waals surface area contributed by atoms with Gasteiger partial charge in [0.25, 0.3) is 11.1 Å². The van der Waals surface area contributed by atoms with Gasteiger partial charge in [-0.2, -0.15) is 0 Å². The minimum atomic E-state index is -0.673. The van der Waals surface area contributed by atoms with Crippen molar-refractivity contribution in [2.24, 2.45) is 0 Å². The average Bonchev–Trinajstić information content (AvgIpc) is 3.09. The number of ether oxygens (including phenoxy) is 1. The Bertz CT molecular complexity index is 1260. The Morgan fingerprint density at radius 3 is 2.35 bits per heavy atom. The zero-order chi connectivity index (χ0) is 24.1. The standard InChI is InChI=1S/C25H20N2O6S/c28-23-19(14-18(15-21(23)27(31)32)13-17-7-3-1-4-8-17)16-22-24(29)26(25(30)34-22)11-12-33-20-9-5-2-6-10-20/h1-10,14-16,28H,11-13H2/b22-16-. The zero-order valence-electron chi connectivity index (χ0n) is 17.9. The molecule has 4 rings (SSSR count). The summed E-state index contributed by atoms with van der Waals surface area (Å²) in [5.41, 5.74) is 1.17. The molecule has 1 fully saturated rings. The molecule has 0 atom stereocenters. The number of aromatic hydroxyl groups is 1. The number of phenols is 1. The highest BCUT2D eigenvalue weighted by atomic mass is 32.2. The first kappa shape index (κ1) is 23.1. The third kappa shape index (κ3) is 5.26. The second kappa shape index (κ2) is 10.2. The Morgan fingerprint density at radius 2 is 1.68 bits per heavy atom. The molecule has 3 aromatic carbocycles. The lowest BCUT2D eigenvalue weighted by molar-refractivity contribution is -0.385. The van der Waals surface area contributed by atoms with Crippen molar-refractivity contribution < 1.29 is 24.4 Å². The summed E-state index contributed by atoms with van der Waals surface area (Å²) < 4.78 is 5.56. The van der Waals surface area contributed by atoms with Crippen LogP contribution < -0.4 is 4.74 Å². The zero-order valence-corrected chi connectivity index (χ0v) is 18.7. The van der Waals surface area contributed by atoms with Gasteiger partial charge in [0.15, 0.2) is 0 Å². The van der Waals surface area contributed by atoms with Gasteiger partial charge in [0.1, 0.15) is 12.4 Å². The summed E-state index contributed by atoms with van der Waals surface area (Å²) in [5, 5.41) is 21.5. The van der Waals surface area contributed by atoms with E-state index < -0.39 is 27.5 Å². The van der Waals surface area contributed by atoms with Gasteiger partial charge < -0.3 is 9.84 Å². The number of para-hydroxylation sites is 1. The third-order valence-corrected chi connectivity index (χ3v) is 6.02. The Morgan fingerprint density at radius 1 is 1.00 bits per heavy atom. The molecule has 34 heavy (non-hydrogen) atoms. The number of hydrogen-bond acceptors (Lipinski definition) is 7. The van der Waals surface area contributed by atoms with Crippen LogP contribution in [0.4, 0.5) is 10.5 Å². The molecule has 1 heterocycles. The second-order valence-electron chi connectivity index (χ2n) is 7.47. The van der Waals surface area contributed by atoms with E-state index >= 15 is 0 Å². The normalized spacial score (nSPS) is 14.6. The number of thioether (sulfide) groups is 1. The molecule has 1 aliphatic rings. The van der Waals surface area contributed by atoms with Gasteiger partial charge in [0.05, 0.1) is 16.4 Å². The van der Waals surface area contributed by atoms with E-state index in [2.05, 4.69) is 0 Å². The number of carbonyl (C=O) groups excluding carboxylic acids is 2. The molecule has 0 unspecified atom stereocenters. The number of nitro benzene ring substituents is 1. The van der Waals surface area contributed by atoms with Gasteiger partial charge in [-0.25, -0.2) is 0 Å². The van der Waals surface area contributed by atoms with Gasteiger partial charge in [-0.15, -0.1) is 0 Å². The van der Waals surface area contributed by atoms with Gasteiger partial charge >= 0.3 is 5.69 Å². The molecule has 9 heteroatoms. The molecule has 172 valence electrons. The average molecular weight is 477 g/mol. The molecule has 0 aromatic heterocycles. The Labute approximate surface area is 199 Å². The highest BCUT2D eigenvalue weighted by Crippen LogP contribution is 2.37. The minimum absolute atomic E-state index is 0.0527. The van der Waals surface area contributed by atoms with Crippen LogP contribution in [0, 0.1) is 10.1 Å². The first-order valence-electron chi connectivity index (χ1n) is 10.4. The van der Waals surface area contributed by atoms with E-state index in [4.69, 9.17) is 4.74 Å². The lowest BCUT2D eigenvalue weighted by atomic mass is 10.0. The minimum Gasteiger partial charge on any atom is -0.502 e. The predicted octanol–water partition coefficient (Wildman–Crippen LogP) is 5.01. The highest BCUT2D eigenvalue weighted by molar-refractivity contribution is 8.18. The van der Waals surface area contributed by atoms with Crippen molar-refractivity contribution in [3.05, 3.63) is 105 Å². The molecule has 0 spiro atoms. The van der Waals surface area contributed by atoms with Gasteiger partial charge in [0, 0.05) is 11.6 Å². The van der Waals surface area contributed by atoms with E-state index in [9.17, 15) is 24.8 Å². The number of nitro groups is 1. The van der Waals surface area contributed by atoms with E-state index in [1.807, 2.05) is 48.5 Å². The summed E-state index contributed by atoms with van der Waals surface area (Å²) in [5.74, 6) is -0.472. The smallest absolute Gasteiger partial charge is 0.311 e. The lowest BCUT2D eigenvalue weighted by Crippen LogP contribution is -2.32.